The summed E-state index contributed by atoms with van der Waals surface area (Å²) in [5, 5.41) is 17.7. The number of aliphatic carboxylic acids is 1. The number of hydrogen-bond donors (Lipinski definition) is 1. The van der Waals surface area contributed by atoms with E-state index in [9.17, 15) is 9.59 Å². The number of nitriles is 1. The maximum atomic E-state index is 11.8. The highest BCUT2D eigenvalue weighted by Crippen LogP contribution is 2.16. The van der Waals surface area contributed by atoms with Crippen LogP contribution >= 0.6 is 0 Å². The summed E-state index contributed by atoms with van der Waals surface area (Å²) < 4.78 is 5.29. The third kappa shape index (κ3) is 4.28. The van der Waals surface area contributed by atoms with Crippen LogP contribution < -0.4 is 4.74 Å². The van der Waals surface area contributed by atoms with E-state index in [1.165, 1.54) is 18.9 Å². The molecule has 0 aromatic heterocycles. The van der Waals surface area contributed by atoms with Crippen molar-refractivity contribution in [2.75, 3.05) is 20.2 Å². The van der Waals surface area contributed by atoms with Gasteiger partial charge in [0.1, 0.15) is 11.8 Å². The molecule has 1 aromatic rings. The van der Waals surface area contributed by atoms with Crippen LogP contribution in [0.2, 0.25) is 0 Å². The smallest absolute Gasteiger partial charge is 0.308 e. The van der Waals surface area contributed by atoms with E-state index in [2.05, 4.69) is 0 Å². The minimum absolute atomic E-state index is 0.109. The number of carboxylic acids is 1. The van der Waals surface area contributed by atoms with Gasteiger partial charge in [-0.2, -0.15) is 5.26 Å². The Labute approximate surface area is 117 Å². The van der Waals surface area contributed by atoms with Crippen LogP contribution in [0.1, 0.15) is 12.5 Å². The molecule has 1 amide bonds. The number of carbonyl (C=O) groups is 2. The summed E-state index contributed by atoms with van der Waals surface area (Å²) in [4.78, 5) is 23.8. The van der Waals surface area contributed by atoms with Crippen LogP contribution in [-0.2, 0) is 9.59 Å². The molecule has 1 rings (SSSR count). The summed E-state index contributed by atoms with van der Waals surface area (Å²) in [6, 6.07) is 8.57. The number of carbonyl (C=O) groups excluding carboxylic acids is 1. The number of para-hydroxylation sites is 1. The van der Waals surface area contributed by atoms with Gasteiger partial charge in [0, 0.05) is 13.6 Å². The molecule has 0 saturated heterocycles. The van der Waals surface area contributed by atoms with Gasteiger partial charge in [0.25, 0.3) is 5.91 Å². The predicted octanol–water partition coefficient (Wildman–Crippen LogP) is 1.12. The number of rotatable bonds is 6. The second-order valence-electron chi connectivity index (χ2n) is 4.41. The molecule has 0 heterocycles. The molecule has 0 bridgehead atoms. The number of ether oxygens (including phenoxy) is 1. The molecule has 0 radical (unpaired) electrons. The Bertz CT molecular complexity index is 536. The fourth-order valence-corrected chi connectivity index (χ4v) is 1.53. The Morgan fingerprint density at radius 2 is 2.10 bits per heavy atom. The summed E-state index contributed by atoms with van der Waals surface area (Å²) in [7, 11) is 1.52. The van der Waals surface area contributed by atoms with Crippen LogP contribution in [0.25, 0.3) is 0 Å². The first-order valence-corrected chi connectivity index (χ1v) is 6.04. The average molecular weight is 276 g/mol. The van der Waals surface area contributed by atoms with Crippen LogP contribution in [-0.4, -0.2) is 42.1 Å². The van der Waals surface area contributed by atoms with Crippen LogP contribution in [0.15, 0.2) is 24.3 Å². The highest BCUT2D eigenvalue weighted by atomic mass is 16.5. The maximum absolute atomic E-state index is 11.8. The monoisotopic (exact) mass is 276 g/mol. The van der Waals surface area contributed by atoms with Gasteiger partial charge in [-0.3, -0.25) is 9.59 Å². The van der Waals surface area contributed by atoms with E-state index < -0.39 is 11.9 Å². The van der Waals surface area contributed by atoms with E-state index in [-0.39, 0.29) is 19.1 Å². The van der Waals surface area contributed by atoms with Gasteiger partial charge in [0.15, 0.2) is 6.61 Å². The molecule has 0 aliphatic carbocycles. The molecule has 0 aliphatic rings. The lowest BCUT2D eigenvalue weighted by molar-refractivity contribution is -0.143. The molecule has 0 fully saturated rings. The minimum Gasteiger partial charge on any atom is -0.482 e. The number of carboxylic acid groups (broad SMARTS) is 1. The van der Waals surface area contributed by atoms with Crippen LogP contribution in [0.3, 0.4) is 0 Å². The number of nitrogens with zero attached hydrogens (tertiary/aromatic N) is 2. The van der Waals surface area contributed by atoms with Gasteiger partial charge < -0.3 is 14.7 Å². The van der Waals surface area contributed by atoms with E-state index in [4.69, 9.17) is 15.1 Å². The molecule has 0 saturated carbocycles. The van der Waals surface area contributed by atoms with Gasteiger partial charge in [-0.15, -0.1) is 0 Å². The molecule has 20 heavy (non-hydrogen) atoms. The third-order valence-electron chi connectivity index (χ3n) is 2.75. The van der Waals surface area contributed by atoms with Gasteiger partial charge in [0.05, 0.1) is 11.5 Å². The zero-order chi connectivity index (χ0) is 15.1. The molecule has 1 unspecified atom stereocenters. The molecule has 106 valence electrons. The number of amides is 1. The Morgan fingerprint density at radius 3 is 2.70 bits per heavy atom. The lowest BCUT2D eigenvalue weighted by atomic mass is 10.2. The Morgan fingerprint density at radius 1 is 1.45 bits per heavy atom. The van der Waals surface area contributed by atoms with Crippen molar-refractivity contribution in [3.05, 3.63) is 29.8 Å². The highest BCUT2D eigenvalue weighted by Gasteiger charge is 2.18. The van der Waals surface area contributed by atoms with E-state index >= 15 is 0 Å². The second-order valence-corrected chi connectivity index (χ2v) is 4.41. The molecule has 6 nitrogen and oxygen atoms in total. The van der Waals surface area contributed by atoms with E-state index in [0.717, 1.165) is 0 Å². The van der Waals surface area contributed by atoms with Crippen molar-refractivity contribution in [3.63, 3.8) is 0 Å². The van der Waals surface area contributed by atoms with Crippen molar-refractivity contribution in [2.24, 2.45) is 5.92 Å². The molecule has 1 atom stereocenters. The zero-order valence-electron chi connectivity index (χ0n) is 11.4. The topological polar surface area (TPSA) is 90.6 Å². The summed E-state index contributed by atoms with van der Waals surface area (Å²) in [5.74, 6) is -1.61. The lowest BCUT2D eigenvalue weighted by Crippen LogP contribution is -2.36. The first-order valence-electron chi connectivity index (χ1n) is 6.04. The van der Waals surface area contributed by atoms with Gasteiger partial charge >= 0.3 is 5.97 Å². The third-order valence-corrected chi connectivity index (χ3v) is 2.75. The lowest BCUT2D eigenvalue weighted by Gasteiger charge is -2.19. The molecular formula is C14H16N2O4. The van der Waals surface area contributed by atoms with Crippen molar-refractivity contribution in [3.8, 4) is 11.8 Å². The van der Waals surface area contributed by atoms with Crippen LogP contribution in [0, 0.1) is 17.2 Å². The molecule has 0 aliphatic heterocycles. The predicted molar refractivity (Wildman–Crippen MR) is 71.1 cm³/mol. The Kier molecular flexibility index (Phi) is 5.54. The standard InChI is InChI=1S/C14H16N2O4/c1-10(14(18)19)8-16(2)13(17)9-20-12-6-4-3-5-11(12)7-15/h3-6,10H,8-9H2,1-2H3,(H,18,19). The minimum atomic E-state index is -0.958. The summed E-state index contributed by atoms with van der Waals surface area (Å²) >= 11 is 0. The number of benzene rings is 1. The molecule has 6 heteroatoms. The Balaban J connectivity index is 2.55. The molecule has 0 spiro atoms. The van der Waals surface area contributed by atoms with Crippen LogP contribution in [0.4, 0.5) is 0 Å². The quantitative estimate of drug-likeness (QED) is 0.840. The zero-order valence-corrected chi connectivity index (χ0v) is 11.4. The van der Waals surface area contributed by atoms with Gasteiger partial charge in [-0.05, 0) is 12.1 Å². The van der Waals surface area contributed by atoms with Crippen molar-refractivity contribution < 1.29 is 19.4 Å². The van der Waals surface area contributed by atoms with Gasteiger partial charge in [-0.25, -0.2) is 0 Å². The maximum Gasteiger partial charge on any atom is 0.308 e. The SMILES string of the molecule is CC(CN(C)C(=O)COc1ccccc1C#N)C(=O)O. The molecule has 1 aromatic carbocycles. The fourth-order valence-electron chi connectivity index (χ4n) is 1.53. The van der Waals surface area contributed by atoms with E-state index in [0.29, 0.717) is 11.3 Å². The largest absolute Gasteiger partial charge is 0.482 e. The van der Waals surface area contributed by atoms with Crippen molar-refractivity contribution in [2.45, 2.75) is 6.92 Å². The molecular weight excluding hydrogens is 260 g/mol. The number of likely N-dealkylation sites (N-methyl/N-ethyl adjacent to an activating group) is 1. The number of hydrogen-bond acceptors (Lipinski definition) is 4. The second kappa shape index (κ2) is 7.14. The summed E-state index contributed by atoms with van der Waals surface area (Å²) in [5.41, 5.74) is 0.349. The van der Waals surface area contributed by atoms with Crippen molar-refractivity contribution >= 4 is 11.9 Å². The first-order chi connectivity index (χ1) is 9.45. The fraction of sp³-hybridized carbons (Fsp3) is 0.357. The van der Waals surface area contributed by atoms with Gasteiger partial charge in [0.2, 0.25) is 0 Å². The van der Waals surface area contributed by atoms with Gasteiger partial charge in [-0.1, -0.05) is 19.1 Å². The summed E-state index contributed by atoms with van der Waals surface area (Å²) in [6.07, 6.45) is 0. The van der Waals surface area contributed by atoms with E-state index in [1.54, 1.807) is 24.3 Å². The average Bonchev–Trinajstić information content (AvgIpc) is 2.44. The summed E-state index contributed by atoms with van der Waals surface area (Å²) in [6.45, 7) is 1.40. The molecule has 1 N–H and O–H groups in total. The normalized spacial score (nSPS) is 11.2. The van der Waals surface area contributed by atoms with Crippen molar-refractivity contribution in [1.29, 1.82) is 5.26 Å². The van der Waals surface area contributed by atoms with Crippen LogP contribution in [0.5, 0.6) is 5.75 Å². The first kappa shape index (κ1) is 15.5. The van der Waals surface area contributed by atoms with Crippen molar-refractivity contribution in [1.82, 2.24) is 4.90 Å². The highest BCUT2D eigenvalue weighted by molar-refractivity contribution is 5.78. The van der Waals surface area contributed by atoms with E-state index in [1.807, 2.05) is 6.07 Å². The Hall–Kier alpha value is -2.55.